The third-order valence-corrected chi connectivity index (χ3v) is 4.73. The van der Waals surface area contributed by atoms with Crippen LogP contribution in [-0.2, 0) is 23.0 Å². The van der Waals surface area contributed by atoms with E-state index >= 15 is 0 Å². The molecule has 0 aliphatic carbocycles. The van der Waals surface area contributed by atoms with Crippen molar-refractivity contribution in [3.8, 4) is 0 Å². The monoisotopic (exact) mass is 292 g/mol. The Morgan fingerprint density at radius 2 is 2.15 bits per heavy atom. The highest BCUT2D eigenvalue weighted by Gasteiger charge is 2.18. The van der Waals surface area contributed by atoms with E-state index in [9.17, 15) is 8.42 Å². The van der Waals surface area contributed by atoms with Crippen LogP contribution >= 0.6 is 0 Å². The number of anilines is 1. The van der Waals surface area contributed by atoms with Crippen molar-refractivity contribution in [2.45, 2.75) is 24.8 Å². The maximum atomic E-state index is 12.2. The molecule has 1 aliphatic rings. The predicted molar refractivity (Wildman–Crippen MR) is 76.1 cm³/mol. The van der Waals surface area contributed by atoms with Crippen molar-refractivity contribution in [2.75, 3.05) is 11.9 Å². The standard InChI is InChI=1S/C14H16N2O3S/c1-10-2-4-12(19-10)9-16-20(17,18)13-5-3-11-6-7-15-14(11)8-13/h2-5,8,15-16H,6-7,9H2,1H3. The van der Waals surface area contributed by atoms with Crippen LogP contribution in [0.5, 0.6) is 0 Å². The minimum atomic E-state index is -3.52. The number of benzene rings is 1. The first-order chi connectivity index (χ1) is 9.54. The molecule has 0 spiro atoms. The fourth-order valence-electron chi connectivity index (χ4n) is 2.27. The van der Waals surface area contributed by atoms with E-state index in [2.05, 4.69) is 10.0 Å². The lowest BCUT2D eigenvalue weighted by Crippen LogP contribution is -2.23. The molecule has 0 atom stereocenters. The van der Waals surface area contributed by atoms with Crippen molar-refractivity contribution in [1.29, 1.82) is 0 Å². The Morgan fingerprint density at radius 1 is 1.30 bits per heavy atom. The number of hydrogen-bond acceptors (Lipinski definition) is 4. The molecule has 5 nitrogen and oxygen atoms in total. The smallest absolute Gasteiger partial charge is 0.241 e. The summed E-state index contributed by atoms with van der Waals surface area (Å²) in [4.78, 5) is 0.272. The summed E-state index contributed by atoms with van der Waals surface area (Å²) in [7, 11) is -3.52. The highest BCUT2D eigenvalue weighted by molar-refractivity contribution is 7.89. The van der Waals surface area contributed by atoms with Crippen LogP contribution in [0.2, 0.25) is 0 Å². The van der Waals surface area contributed by atoms with Crippen LogP contribution in [0.3, 0.4) is 0 Å². The molecule has 2 N–H and O–H groups in total. The van der Waals surface area contributed by atoms with Crippen molar-refractivity contribution < 1.29 is 12.8 Å². The second kappa shape index (κ2) is 4.96. The molecule has 1 aromatic heterocycles. The summed E-state index contributed by atoms with van der Waals surface area (Å²) < 4.78 is 32.4. The van der Waals surface area contributed by atoms with Crippen LogP contribution in [0.15, 0.2) is 39.6 Å². The molecule has 6 heteroatoms. The van der Waals surface area contributed by atoms with E-state index in [1.165, 1.54) is 0 Å². The fourth-order valence-corrected chi connectivity index (χ4v) is 3.29. The van der Waals surface area contributed by atoms with Crippen molar-refractivity contribution >= 4 is 15.7 Å². The largest absolute Gasteiger partial charge is 0.465 e. The van der Waals surface area contributed by atoms with E-state index in [1.54, 1.807) is 18.2 Å². The first kappa shape index (κ1) is 13.2. The summed E-state index contributed by atoms with van der Waals surface area (Å²) in [5.41, 5.74) is 2.06. The number of furan rings is 1. The Bertz CT molecular complexity index is 735. The van der Waals surface area contributed by atoms with E-state index < -0.39 is 10.0 Å². The quantitative estimate of drug-likeness (QED) is 0.904. The molecule has 1 aliphatic heterocycles. The van der Waals surface area contributed by atoms with Crippen molar-refractivity contribution in [1.82, 2.24) is 4.72 Å². The number of rotatable bonds is 4. The van der Waals surface area contributed by atoms with Crippen LogP contribution in [-0.4, -0.2) is 15.0 Å². The summed E-state index contributed by atoms with van der Waals surface area (Å²) in [5.74, 6) is 1.37. The second-order valence-corrected chi connectivity index (χ2v) is 6.60. The van der Waals surface area contributed by atoms with Crippen LogP contribution in [0, 0.1) is 6.92 Å². The van der Waals surface area contributed by atoms with Gasteiger partial charge in [0.2, 0.25) is 10.0 Å². The topological polar surface area (TPSA) is 71.3 Å². The molecular formula is C14H16N2O3S. The number of sulfonamides is 1. The van der Waals surface area contributed by atoms with Gasteiger partial charge in [-0.2, -0.15) is 0 Å². The van der Waals surface area contributed by atoms with E-state index in [0.717, 1.165) is 30.0 Å². The van der Waals surface area contributed by atoms with Gasteiger partial charge in [0.15, 0.2) is 0 Å². The van der Waals surface area contributed by atoms with Gasteiger partial charge in [-0.05, 0) is 43.2 Å². The zero-order valence-corrected chi connectivity index (χ0v) is 12.0. The summed E-state index contributed by atoms with van der Waals surface area (Å²) in [6.45, 7) is 2.84. The van der Waals surface area contributed by atoms with Gasteiger partial charge in [-0.25, -0.2) is 13.1 Å². The minimum Gasteiger partial charge on any atom is -0.465 e. The van der Waals surface area contributed by atoms with Gasteiger partial charge in [-0.1, -0.05) is 6.07 Å². The van der Waals surface area contributed by atoms with Gasteiger partial charge in [-0.15, -0.1) is 0 Å². The average molecular weight is 292 g/mol. The van der Waals surface area contributed by atoms with Crippen molar-refractivity contribution in [3.63, 3.8) is 0 Å². The molecule has 2 heterocycles. The van der Waals surface area contributed by atoms with Crippen molar-refractivity contribution in [3.05, 3.63) is 47.4 Å². The minimum absolute atomic E-state index is 0.153. The van der Waals surface area contributed by atoms with E-state index in [4.69, 9.17) is 4.42 Å². The molecular weight excluding hydrogens is 276 g/mol. The molecule has 1 aromatic carbocycles. The molecule has 20 heavy (non-hydrogen) atoms. The van der Waals surface area contributed by atoms with Crippen LogP contribution < -0.4 is 10.0 Å². The Balaban J connectivity index is 1.78. The first-order valence-corrected chi connectivity index (χ1v) is 7.95. The third-order valence-electron chi connectivity index (χ3n) is 3.33. The average Bonchev–Trinajstić information content (AvgIpc) is 3.04. The summed E-state index contributed by atoms with van der Waals surface area (Å²) >= 11 is 0. The predicted octanol–water partition coefficient (Wildman–Crippen LogP) is 2.03. The SMILES string of the molecule is Cc1ccc(CNS(=O)(=O)c2ccc3c(c2)NCC3)o1. The van der Waals surface area contributed by atoms with E-state index in [0.29, 0.717) is 5.76 Å². The first-order valence-electron chi connectivity index (χ1n) is 6.46. The van der Waals surface area contributed by atoms with Gasteiger partial charge in [0, 0.05) is 12.2 Å². The Labute approximate surface area is 118 Å². The molecule has 0 bridgehead atoms. The van der Waals surface area contributed by atoms with E-state index in [1.807, 2.05) is 19.1 Å². The molecule has 0 fully saturated rings. The molecule has 0 unspecified atom stereocenters. The molecule has 0 radical (unpaired) electrons. The van der Waals surface area contributed by atoms with Gasteiger partial charge in [-0.3, -0.25) is 0 Å². The zero-order chi connectivity index (χ0) is 14.2. The van der Waals surface area contributed by atoms with Gasteiger partial charge >= 0.3 is 0 Å². The number of nitrogens with one attached hydrogen (secondary N) is 2. The lowest BCUT2D eigenvalue weighted by Gasteiger charge is -2.07. The zero-order valence-electron chi connectivity index (χ0n) is 11.1. The summed E-state index contributed by atoms with van der Waals surface area (Å²) in [6.07, 6.45) is 0.939. The Kier molecular flexibility index (Phi) is 3.27. The van der Waals surface area contributed by atoms with Crippen LogP contribution in [0.25, 0.3) is 0 Å². The normalized spacial score (nSPS) is 14.1. The molecule has 0 saturated carbocycles. The van der Waals surface area contributed by atoms with Crippen LogP contribution in [0.1, 0.15) is 17.1 Å². The molecule has 3 rings (SSSR count). The molecule has 106 valence electrons. The van der Waals surface area contributed by atoms with Gasteiger partial charge in [0.1, 0.15) is 11.5 Å². The Hall–Kier alpha value is -1.79. The number of aryl methyl sites for hydroxylation is 1. The summed E-state index contributed by atoms with van der Waals surface area (Å²) in [5, 5.41) is 3.18. The van der Waals surface area contributed by atoms with Crippen LogP contribution in [0.4, 0.5) is 5.69 Å². The molecule has 0 saturated heterocycles. The summed E-state index contributed by atoms with van der Waals surface area (Å²) in [6, 6.07) is 8.76. The maximum Gasteiger partial charge on any atom is 0.241 e. The molecule has 2 aromatic rings. The number of fused-ring (bicyclic) bond motifs is 1. The highest BCUT2D eigenvalue weighted by atomic mass is 32.2. The fraction of sp³-hybridized carbons (Fsp3) is 0.286. The van der Waals surface area contributed by atoms with Gasteiger partial charge in [0.25, 0.3) is 0 Å². The highest BCUT2D eigenvalue weighted by Crippen LogP contribution is 2.25. The van der Waals surface area contributed by atoms with Gasteiger partial charge in [0.05, 0.1) is 11.4 Å². The van der Waals surface area contributed by atoms with Gasteiger partial charge < -0.3 is 9.73 Å². The number of hydrogen-bond donors (Lipinski definition) is 2. The lowest BCUT2D eigenvalue weighted by molar-refractivity contribution is 0.475. The lowest BCUT2D eigenvalue weighted by atomic mass is 10.2. The third kappa shape index (κ3) is 2.57. The van der Waals surface area contributed by atoms with E-state index in [-0.39, 0.29) is 11.4 Å². The maximum absolute atomic E-state index is 12.2. The molecule has 0 amide bonds. The van der Waals surface area contributed by atoms with Crippen molar-refractivity contribution in [2.24, 2.45) is 0 Å². The Morgan fingerprint density at radius 3 is 2.90 bits per heavy atom. The second-order valence-electron chi connectivity index (χ2n) is 4.83.